The second kappa shape index (κ2) is 12.5. The number of benzene rings is 3. The molecule has 0 spiro atoms. The summed E-state index contributed by atoms with van der Waals surface area (Å²) in [6, 6.07) is 24.1. The predicted molar refractivity (Wildman–Crippen MR) is 151 cm³/mol. The van der Waals surface area contributed by atoms with Gasteiger partial charge >= 0.3 is 0 Å². The molecule has 1 atom stereocenters. The number of aryl methyl sites for hydroxylation is 2. The maximum atomic E-state index is 9.80. The van der Waals surface area contributed by atoms with E-state index in [9.17, 15) is 5.11 Å². The van der Waals surface area contributed by atoms with Crippen molar-refractivity contribution in [1.82, 2.24) is 4.90 Å². The number of likely N-dealkylation sites (tertiary alicyclic amines) is 1. The summed E-state index contributed by atoms with van der Waals surface area (Å²) in [4.78, 5) is 2.65. The van der Waals surface area contributed by atoms with E-state index in [0.717, 1.165) is 38.6 Å². The first kappa shape index (κ1) is 24.9. The lowest BCUT2D eigenvalue weighted by molar-refractivity contribution is 0.289. The zero-order chi connectivity index (χ0) is 24.6. The molecule has 0 saturated carbocycles. The first-order chi connectivity index (χ1) is 17.7. The summed E-state index contributed by atoms with van der Waals surface area (Å²) >= 11 is 0. The molecule has 2 N–H and O–H groups in total. The number of phenols is 1. The van der Waals surface area contributed by atoms with E-state index < -0.39 is 0 Å². The molecular formula is C33H42N2O. The highest BCUT2D eigenvalue weighted by molar-refractivity contribution is 5.54. The smallest absolute Gasteiger partial charge is 0.115 e. The van der Waals surface area contributed by atoms with Gasteiger partial charge in [0, 0.05) is 18.8 Å². The largest absolute Gasteiger partial charge is 0.508 e. The molecular weight excluding hydrogens is 440 g/mol. The zero-order valence-electron chi connectivity index (χ0n) is 21.7. The predicted octanol–water partition coefficient (Wildman–Crippen LogP) is 7.13. The van der Waals surface area contributed by atoms with Crippen molar-refractivity contribution in [3.05, 3.63) is 94.5 Å². The Morgan fingerprint density at radius 2 is 1.56 bits per heavy atom. The topological polar surface area (TPSA) is 35.5 Å². The number of hydrogen-bond acceptors (Lipinski definition) is 3. The van der Waals surface area contributed by atoms with Crippen LogP contribution in [0.3, 0.4) is 0 Å². The molecule has 1 fully saturated rings. The summed E-state index contributed by atoms with van der Waals surface area (Å²) in [6.07, 6.45) is 12.2. The number of para-hydroxylation sites is 1. The van der Waals surface area contributed by atoms with Gasteiger partial charge in [-0.2, -0.15) is 0 Å². The highest BCUT2D eigenvalue weighted by atomic mass is 16.3. The van der Waals surface area contributed by atoms with Crippen molar-refractivity contribution in [2.24, 2.45) is 0 Å². The minimum atomic E-state index is 0.386. The van der Waals surface area contributed by atoms with Crippen molar-refractivity contribution in [3.63, 3.8) is 0 Å². The van der Waals surface area contributed by atoms with E-state index >= 15 is 0 Å². The van der Waals surface area contributed by atoms with Crippen molar-refractivity contribution in [2.75, 3.05) is 31.5 Å². The van der Waals surface area contributed by atoms with Crippen LogP contribution >= 0.6 is 0 Å². The van der Waals surface area contributed by atoms with Gasteiger partial charge in [-0.25, -0.2) is 0 Å². The molecule has 0 bridgehead atoms. The van der Waals surface area contributed by atoms with Crippen LogP contribution in [0.5, 0.6) is 5.75 Å². The van der Waals surface area contributed by atoms with Crippen LogP contribution in [0.15, 0.2) is 66.7 Å². The highest BCUT2D eigenvalue weighted by Crippen LogP contribution is 2.37. The van der Waals surface area contributed by atoms with Crippen LogP contribution < -0.4 is 5.32 Å². The summed E-state index contributed by atoms with van der Waals surface area (Å²) in [6.45, 7) is 4.77. The number of fused-ring (bicyclic) bond motifs is 1. The third-order valence-electron chi connectivity index (χ3n) is 8.21. The van der Waals surface area contributed by atoms with Gasteiger partial charge in [0.05, 0.1) is 0 Å². The van der Waals surface area contributed by atoms with E-state index in [0.29, 0.717) is 11.7 Å². The first-order valence-corrected chi connectivity index (χ1v) is 14.2. The molecule has 0 unspecified atom stereocenters. The Labute approximate surface area is 217 Å². The van der Waals surface area contributed by atoms with Gasteiger partial charge in [-0.05, 0) is 116 Å². The summed E-state index contributed by atoms with van der Waals surface area (Å²) < 4.78 is 0. The number of rotatable bonds is 9. The molecule has 190 valence electrons. The van der Waals surface area contributed by atoms with Gasteiger partial charge in [0.1, 0.15) is 5.75 Å². The minimum absolute atomic E-state index is 0.386. The Balaban J connectivity index is 1.08. The van der Waals surface area contributed by atoms with Crippen molar-refractivity contribution in [3.8, 4) is 5.75 Å². The summed E-state index contributed by atoms with van der Waals surface area (Å²) in [5, 5.41) is 13.5. The normalized spacial score (nSPS) is 18.4. The van der Waals surface area contributed by atoms with E-state index in [4.69, 9.17) is 0 Å². The average Bonchev–Trinajstić information content (AvgIpc) is 3.19. The molecule has 0 amide bonds. The molecule has 3 nitrogen and oxygen atoms in total. The maximum absolute atomic E-state index is 9.80. The molecule has 3 heteroatoms. The fourth-order valence-corrected chi connectivity index (χ4v) is 6.06. The van der Waals surface area contributed by atoms with Crippen LogP contribution in [-0.4, -0.2) is 36.2 Å². The molecule has 36 heavy (non-hydrogen) atoms. The quantitative estimate of drug-likeness (QED) is 0.319. The number of nitrogens with zero attached hydrogens (tertiary/aromatic N) is 1. The third kappa shape index (κ3) is 6.70. The van der Waals surface area contributed by atoms with E-state index in [2.05, 4.69) is 64.8 Å². The van der Waals surface area contributed by atoms with Crippen LogP contribution in [0.4, 0.5) is 5.69 Å². The van der Waals surface area contributed by atoms with E-state index in [-0.39, 0.29) is 0 Å². The van der Waals surface area contributed by atoms with Crippen molar-refractivity contribution in [2.45, 2.75) is 70.1 Å². The Morgan fingerprint density at radius 3 is 2.36 bits per heavy atom. The molecule has 3 aromatic carbocycles. The lowest BCUT2D eigenvalue weighted by Crippen LogP contribution is -2.26. The maximum Gasteiger partial charge on any atom is 0.115 e. The highest BCUT2D eigenvalue weighted by Gasteiger charge is 2.22. The molecule has 0 aromatic heterocycles. The van der Waals surface area contributed by atoms with E-state index in [1.54, 1.807) is 0 Å². The van der Waals surface area contributed by atoms with Crippen molar-refractivity contribution >= 4 is 5.69 Å². The van der Waals surface area contributed by atoms with Gasteiger partial charge in [-0.1, -0.05) is 61.4 Å². The van der Waals surface area contributed by atoms with Crippen LogP contribution in [0, 0.1) is 0 Å². The fraction of sp³-hybridized carbons (Fsp3) is 0.455. The second-order valence-corrected chi connectivity index (χ2v) is 10.8. The Bertz CT molecular complexity index is 1100. The SMILES string of the molecule is Oc1ccc2c(c1)CC[C@@H](c1ccccc1NCCCc1ccc(CCN3CCCCCC3)cc1)C2. The molecule has 2 aliphatic rings. The van der Waals surface area contributed by atoms with Gasteiger partial charge < -0.3 is 15.3 Å². The number of anilines is 1. The summed E-state index contributed by atoms with van der Waals surface area (Å²) in [5.74, 6) is 0.921. The van der Waals surface area contributed by atoms with Crippen LogP contribution in [0.2, 0.25) is 0 Å². The van der Waals surface area contributed by atoms with Gasteiger partial charge in [0.25, 0.3) is 0 Å². The van der Waals surface area contributed by atoms with Gasteiger partial charge in [0.2, 0.25) is 0 Å². The van der Waals surface area contributed by atoms with E-state index in [1.807, 2.05) is 12.1 Å². The molecule has 1 heterocycles. The van der Waals surface area contributed by atoms with Crippen LogP contribution in [-0.2, 0) is 25.7 Å². The zero-order valence-corrected chi connectivity index (χ0v) is 21.7. The summed E-state index contributed by atoms with van der Waals surface area (Å²) in [7, 11) is 0. The minimum Gasteiger partial charge on any atom is -0.508 e. The second-order valence-electron chi connectivity index (χ2n) is 10.8. The molecule has 5 rings (SSSR count). The lowest BCUT2D eigenvalue weighted by atomic mass is 9.79. The number of nitrogens with one attached hydrogen (secondary N) is 1. The monoisotopic (exact) mass is 482 g/mol. The summed E-state index contributed by atoms with van der Waals surface area (Å²) in [5.41, 5.74) is 8.33. The Hall–Kier alpha value is -2.78. The average molecular weight is 483 g/mol. The van der Waals surface area contributed by atoms with Crippen molar-refractivity contribution < 1.29 is 5.11 Å². The molecule has 1 aliphatic heterocycles. The first-order valence-electron chi connectivity index (χ1n) is 14.2. The van der Waals surface area contributed by atoms with Crippen molar-refractivity contribution in [1.29, 1.82) is 0 Å². The van der Waals surface area contributed by atoms with Gasteiger partial charge in [-0.15, -0.1) is 0 Å². The Kier molecular flexibility index (Phi) is 8.61. The fourth-order valence-electron chi connectivity index (χ4n) is 6.06. The third-order valence-corrected chi connectivity index (χ3v) is 8.21. The van der Waals surface area contributed by atoms with Crippen LogP contribution in [0.1, 0.15) is 72.3 Å². The standard InChI is InChI=1S/C33H42N2O/c36-31-18-17-28-24-30(16-15-29(28)25-31)32-9-3-4-10-33(32)34-20-7-8-26-11-13-27(14-12-26)19-23-35-21-5-1-2-6-22-35/h3-4,9-14,17-18,25,30,34,36H,1-2,5-8,15-16,19-24H2/t30-/m1/s1. The molecule has 3 aromatic rings. The number of aromatic hydroxyl groups is 1. The van der Waals surface area contributed by atoms with Gasteiger partial charge in [0.15, 0.2) is 0 Å². The molecule has 0 radical (unpaired) electrons. The molecule has 1 aliphatic carbocycles. The lowest BCUT2D eigenvalue weighted by Gasteiger charge is -2.27. The number of phenolic OH excluding ortho intramolecular Hbond substituents is 1. The van der Waals surface area contributed by atoms with E-state index in [1.165, 1.54) is 85.2 Å². The van der Waals surface area contributed by atoms with Gasteiger partial charge in [-0.3, -0.25) is 0 Å². The van der Waals surface area contributed by atoms with Crippen LogP contribution in [0.25, 0.3) is 0 Å². The molecule has 1 saturated heterocycles. The Morgan fingerprint density at radius 1 is 0.806 bits per heavy atom. The number of hydrogen-bond donors (Lipinski definition) is 2.